The molecule has 0 saturated heterocycles. The molecule has 1 saturated carbocycles. The molecule has 0 radical (unpaired) electrons. The molecule has 2 atom stereocenters. The van der Waals surface area contributed by atoms with Crippen LogP contribution >= 0.6 is 34.8 Å². The standard InChI is InChI=1S/C18H15Cl3N2O2/c19-11-3-1-10(2-4-11)9-22-17(24)13-8-14(13)18(25)23-16-6-5-12(20)7-15(16)21/h1-7,13-14H,8-9H2,(H,22,24)(H,23,25). The number of carbonyl (C=O) groups excluding carboxylic acids is 2. The van der Waals surface area contributed by atoms with Crippen molar-refractivity contribution in [2.45, 2.75) is 13.0 Å². The predicted octanol–water partition coefficient (Wildman–Crippen LogP) is 4.54. The second-order valence-corrected chi connectivity index (χ2v) is 7.19. The minimum Gasteiger partial charge on any atom is -0.352 e. The molecule has 2 aromatic rings. The molecule has 3 rings (SSSR count). The SMILES string of the molecule is O=C(NCc1ccc(Cl)cc1)C1CC1C(=O)Nc1ccc(Cl)cc1Cl. The summed E-state index contributed by atoms with van der Waals surface area (Å²) < 4.78 is 0. The van der Waals surface area contributed by atoms with Crippen molar-refractivity contribution >= 4 is 52.3 Å². The fourth-order valence-electron chi connectivity index (χ4n) is 2.51. The van der Waals surface area contributed by atoms with E-state index in [-0.39, 0.29) is 23.7 Å². The van der Waals surface area contributed by atoms with Crippen LogP contribution in [0.5, 0.6) is 0 Å². The first-order valence-electron chi connectivity index (χ1n) is 7.72. The first-order chi connectivity index (χ1) is 11.9. The lowest BCUT2D eigenvalue weighted by molar-refractivity contribution is -0.125. The minimum absolute atomic E-state index is 0.127. The molecule has 0 bridgehead atoms. The normalized spacial score (nSPS) is 18.5. The summed E-state index contributed by atoms with van der Waals surface area (Å²) in [7, 11) is 0. The van der Waals surface area contributed by atoms with Crippen molar-refractivity contribution in [2.24, 2.45) is 11.8 Å². The second kappa shape index (κ2) is 7.65. The molecule has 1 fully saturated rings. The highest BCUT2D eigenvalue weighted by atomic mass is 35.5. The molecule has 0 spiro atoms. The lowest BCUT2D eigenvalue weighted by atomic mass is 10.2. The van der Waals surface area contributed by atoms with Crippen molar-refractivity contribution < 1.29 is 9.59 Å². The molecule has 2 amide bonds. The van der Waals surface area contributed by atoms with Crippen LogP contribution in [0.3, 0.4) is 0 Å². The van der Waals surface area contributed by atoms with E-state index in [2.05, 4.69) is 10.6 Å². The summed E-state index contributed by atoms with van der Waals surface area (Å²) in [5, 5.41) is 7.09. The Kier molecular flexibility index (Phi) is 5.52. The van der Waals surface area contributed by atoms with Gasteiger partial charge in [0, 0.05) is 16.6 Å². The Morgan fingerprint density at radius 2 is 1.56 bits per heavy atom. The maximum absolute atomic E-state index is 12.2. The van der Waals surface area contributed by atoms with Gasteiger partial charge < -0.3 is 10.6 Å². The summed E-state index contributed by atoms with van der Waals surface area (Å²) in [4.78, 5) is 24.4. The van der Waals surface area contributed by atoms with Crippen LogP contribution in [0.15, 0.2) is 42.5 Å². The highest BCUT2D eigenvalue weighted by Gasteiger charge is 2.48. The Morgan fingerprint density at radius 3 is 2.24 bits per heavy atom. The molecule has 2 aromatic carbocycles. The molecule has 1 aliphatic rings. The number of anilines is 1. The lowest BCUT2D eigenvalue weighted by Gasteiger charge is -2.08. The second-order valence-electron chi connectivity index (χ2n) is 5.91. The summed E-state index contributed by atoms with van der Waals surface area (Å²) in [5.74, 6) is -0.983. The molecule has 0 aliphatic heterocycles. The molecular weight excluding hydrogens is 383 g/mol. The Hall–Kier alpha value is -1.75. The molecule has 0 aromatic heterocycles. The van der Waals surface area contributed by atoms with Gasteiger partial charge in [0.05, 0.1) is 22.5 Å². The van der Waals surface area contributed by atoms with E-state index in [1.165, 1.54) is 0 Å². The van der Waals surface area contributed by atoms with E-state index < -0.39 is 0 Å². The van der Waals surface area contributed by atoms with E-state index in [0.717, 1.165) is 5.56 Å². The Balaban J connectivity index is 1.50. The van der Waals surface area contributed by atoms with Gasteiger partial charge in [0.15, 0.2) is 0 Å². The summed E-state index contributed by atoms with van der Waals surface area (Å²) in [5.41, 5.74) is 1.44. The number of hydrogen-bond donors (Lipinski definition) is 2. The first-order valence-corrected chi connectivity index (χ1v) is 8.85. The smallest absolute Gasteiger partial charge is 0.228 e. The lowest BCUT2D eigenvalue weighted by Crippen LogP contribution is -2.27. The van der Waals surface area contributed by atoms with Gasteiger partial charge in [-0.1, -0.05) is 46.9 Å². The Labute approximate surface area is 160 Å². The zero-order valence-corrected chi connectivity index (χ0v) is 15.3. The molecule has 2 N–H and O–H groups in total. The molecular formula is C18H15Cl3N2O2. The maximum atomic E-state index is 12.2. The van der Waals surface area contributed by atoms with E-state index in [0.29, 0.717) is 33.7 Å². The number of hydrogen-bond acceptors (Lipinski definition) is 2. The summed E-state index contributed by atoms with van der Waals surface area (Å²) >= 11 is 17.7. The van der Waals surface area contributed by atoms with Crippen molar-refractivity contribution in [3.8, 4) is 0 Å². The molecule has 130 valence electrons. The fourth-order valence-corrected chi connectivity index (χ4v) is 3.10. The van der Waals surface area contributed by atoms with Crippen molar-refractivity contribution in [2.75, 3.05) is 5.32 Å². The average Bonchev–Trinajstić information content (AvgIpc) is 3.37. The fraction of sp³-hybridized carbons (Fsp3) is 0.222. The molecule has 2 unspecified atom stereocenters. The largest absolute Gasteiger partial charge is 0.352 e. The maximum Gasteiger partial charge on any atom is 0.228 e. The highest BCUT2D eigenvalue weighted by Crippen LogP contribution is 2.40. The van der Waals surface area contributed by atoms with Crippen molar-refractivity contribution in [1.29, 1.82) is 0 Å². The quantitative estimate of drug-likeness (QED) is 0.778. The van der Waals surface area contributed by atoms with Gasteiger partial charge in [-0.15, -0.1) is 0 Å². The van der Waals surface area contributed by atoms with Crippen LogP contribution in [0, 0.1) is 11.8 Å². The van der Waals surface area contributed by atoms with Gasteiger partial charge in [-0.25, -0.2) is 0 Å². The van der Waals surface area contributed by atoms with Gasteiger partial charge in [0.1, 0.15) is 0 Å². The van der Waals surface area contributed by atoms with Crippen molar-refractivity contribution in [3.05, 3.63) is 63.1 Å². The van der Waals surface area contributed by atoms with E-state index in [4.69, 9.17) is 34.8 Å². The van der Waals surface area contributed by atoms with Crippen LogP contribution < -0.4 is 10.6 Å². The van der Waals surface area contributed by atoms with Gasteiger partial charge >= 0.3 is 0 Å². The Morgan fingerprint density at radius 1 is 0.920 bits per heavy atom. The summed E-state index contributed by atoms with van der Waals surface area (Å²) in [6, 6.07) is 12.1. The third kappa shape index (κ3) is 4.66. The van der Waals surface area contributed by atoms with Gasteiger partial charge in [-0.05, 0) is 42.3 Å². The van der Waals surface area contributed by atoms with Crippen LogP contribution in [0.25, 0.3) is 0 Å². The van der Waals surface area contributed by atoms with E-state index in [1.54, 1.807) is 30.3 Å². The molecule has 0 heterocycles. The zero-order chi connectivity index (χ0) is 18.0. The zero-order valence-electron chi connectivity index (χ0n) is 13.1. The number of carbonyl (C=O) groups is 2. The number of benzene rings is 2. The van der Waals surface area contributed by atoms with Gasteiger partial charge in [-0.3, -0.25) is 9.59 Å². The first kappa shape index (κ1) is 18.1. The van der Waals surface area contributed by atoms with Crippen LogP contribution in [-0.2, 0) is 16.1 Å². The summed E-state index contributed by atoms with van der Waals surface area (Å²) in [6.45, 7) is 0.407. The van der Waals surface area contributed by atoms with Gasteiger partial charge in [0.2, 0.25) is 11.8 Å². The topological polar surface area (TPSA) is 58.2 Å². The molecule has 4 nitrogen and oxygen atoms in total. The van der Waals surface area contributed by atoms with Crippen LogP contribution in [0.1, 0.15) is 12.0 Å². The number of nitrogens with one attached hydrogen (secondary N) is 2. The minimum atomic E-state index is -0.336. The van der Waals surface area contributed by atoms with Gasteiger partial charge in [0.25, 0.3) is 0 Å². The molecule has 7 heteroatoms. The van der Waals surface area contributed by atoms with Crippen LogP contribution in [0.4, 0.5) is 5.69 Å². The van der Waals surface area contributed by atoms with E-state index in [1.807, 2.05) is 12.1 Å². The highest BCUT2D eigenvalue weighted by molar-refractivity contribution is 6.36. The molecule has 25 heavy (non-hydrogen) atoms. The van der Waals surface area contributed by atoms with Crippen LogP contribution in [0.2, 0.25) is 15.1 Å². The van der Waals surface area contributed by atoms with Crippen molar-refractivity contribution in [1.82, 2.24) is 5.32 Å². The third-order valence-electron chi connectivity index (χ3n) is 4.03. The summed E-state index contributed by atoms with van der Waals surface area (Å²) in [6.07, 6.45) is 0.531. The monoisotopic (exact) mass is 396 g/mol. The van der Waals surface area contributed by atoms with E-state index >= 15 is 0 Å². The van der Waals surface area contributed by atoms with E-state index in [9.17, 15) is 9.59 Å². The predicted molar refractivity (Wildman–Crippen MR) is 100.0 cm³/mol. The molecule has 1 aliphatic carbocycles. The third-order valence-corrected chi connectivity index (χ3v) is 4.83. The average molecular weight is 398 g/mol. The Bertz CT molecular complexity index is 808. The number of rotatable bonds is 5. The number of halogens is 3. The van der Waals surface area contributed by atoms with Crippen molar-refractivity contribution in [3.63, 3.8) is 0 Å². The van der Waals surface area contributed by atoms with Crippen LogP contribution in [-0.4, -0.2) is 11.8 Å². The van der Waals surface area contributed by atoms with Gasteiger partial charge in [-0.2, -0.15) is 0 Å². The number of amides is 2.